The number of fused-ring (bicyclic) bond motifs is 1. The molecular weight excluding hydrogens is 981 g/mol. The third-order valence-electron chi connectivity index (χ3n) is 21.8. The number of aldehydes is 1. The topological polar surface area (TPSA) is 235 Å². The lowest BCUT2D eigenvalue weighted by atomic mass is 9.38. The maximum Gasteiger partial charge on any atom is 0.240 e. The number of allylic oxidation sites excluding steroid dienone is 6. The maximum absolute atomic E-state index is 16.3. The Balaban J connectivity index is 0.984. The molecule has 15 rings (SSSR count). The van der Waals surface area contributed by atoms with Crippen molar-refractivity contribution in [3.05, 3.63) is 111 Å². The quantitative estimate of drug-likeness (QED) is 0.113. The molecule has 2 saturated heterocycles. The standard InChI is InChI=1S/C58H66N2O12S2/c61-16-4-10-44-57-40(19-31(20-43(57)65)18-29-5-1-6-30(17-29)25-62)47(66)35-8-2-9-41(45(35)49(57)67)71-55-15-13-39-37-22-32-21-34-23-53(14-3-7-33(53)26-63)42-12-11-36-46(38(32)24-59-50(36)60-28-73-74-44)56(34,42)48(37)58(70,52(55)69)51(68)54(39,27-64)72-55/h1-2,5-6,8-9,17,19-20,26,32-34,37,39-40,42,44,48,51-52,59-62,64-65,68-70H,3-4,7,10-16,18,21-25,27-28H2/t32-,33+,34-,37-,39-,40+,42+,44-,48+,51+,52-,53-,54-,55+,56+,57-,58-/m0/s1. The molecule has 2 aromatic carbocycles. The van der Waals surface area contributed by atoms with E-state index in [-0.39, 0.29) is 90.1 Å². The summed E-state index contributed by atoms with van der Waals surface area (Å²) in [5, 5.41) is 93.1. The van der Waals surface area contributed by atoms with Gasteiger partial charge in [-0.15, -0.1) is 0 Å². The molecule has 16 heteroatoms. The van der Waals surface area contributed by atoms with E-state index in [1.165, 1.54) is 39.0 Å². The van der Waals surface area contributed by atoms with E-state index in [0.29, 0.717) is 42.8 Å². The van der Waals surface area contributed by atoms with Crippen molar-refractivity contribution in [1.29, 1.82) is 0 Å². The van der Waals surface area contributed by atoms with Crippen molar-refractivity contribution in [2.24, 2.45) is 63.6 Å². The van der Waals surface area contributed by atoms with E-state index >= 15 is 9.59 Å². The van der Waals surface area contributed by atoms with Gasteiger partial charge in [0.25, 0.3) is 0 Å². The molecule has 0 aromatic heterocycles. The number of benzene rings is 2. The molecule has 74 heavy (non-hydrogen) atoms. The Labute approximate surface area is 437 Å². The molecule has 5 saturated carbocycles. The molecule has 392 valence electrons. The molecule has 9 aliphatic carbocycles. The average molecular weight is 1050 g/mol. The fourth-order valence-electron chi connectivity index (χ4n) is 19.5. The summed E-state index contributed by atoms with van der Waals surface area (Å²) in [5.41, 5.74) is -1.25. The number of carbonyl (C=O) groups is 3. The summed E-state index contributed by atoms with van der Waals surface area (Å²) in [4.78, 5) is 45.2. The van der Waals surface area contributed by atoms with E-state index in [1.54, 1.807) is 30.4 Å². The summed E-state index contributed by atoms with van der Waals surface area (Å²) in [7, 11) is 2.88. The smallest absolute Gasteiger partial charge is 0.240 e. The number of carbonyl (C=O) groups excluding carboxylic acids is 3. The van der Waals surface area contributed by atoms with Crippen LogP contribution in [0.3, 0.4) is 0 Å². The lowest BCUT2D eigenvalue weighted by molar-refractivity contribution is -0.462. The summed E-state index contributed by atoms with van der Waals surface area (Å²) in [6.07, 6.45) is 8.60. The van der Waals surface area contributed by atoms with Crippen LogP contribution >= 0.6 is 21.6 Å². The Morgan fingerprint density at radius 3 is 2.61 bits per heavy atom. The largest absolute Gasteiger partial charge is 0.511 e. The van der Waals surface area contributed by atoms with E-state index in [9.17, 15) is 40.5 Å². The first-order chi connectivity index (χ1) is 35.8. The minimum atomic E-state index is -2.32. The molecule has 11 bridgehead atoms. The summed E-state index contributed by atoms with van der Waals surface area (Å²) in [6.45, 7) is -0.463. The predicted molar refractivity (Wildman–Crippen MR) is 274 cm³/mol. The number of hydrogen-bond acceptors (Lipinski definition) is 16. The molecule has 13 aliphatic rings. The van der Waals surface area contributed by atoms with Crippen LogP contribution in [0.2, 0.25) is 0 Å². The second-order valence-electron chi connectivity index (χ2n) is 24.2. The van der Waals surface area contributed by atoms with Gasteiger partial charge in [-0.25, -0.2) is 0 Å². The number of nitrogens with one attached hydrogen (secondary N) is 2. The normalized spacial score (nSPS) is 44.9. The molecule has 2 aromatic rings. The number of rotatable bonds is 8. The molecule has 4 heterocycles. The maximum atomic E-state index is 16.3. The second-order valence-corrected chi connectivity index (χ2v) is 26.8. The number of aliphatic hydroxyl groups is 7. The van der Waals surface area contributed by atoms with Crippen molar-refractivity contribution >= 4 is 39.4 Å². The first-order valence-corrected chi connectivity index (χ1v) is 29.6. The minimum absolute atomic E-state index is 0.0335. The predicted octanol–water partition coefficient (Wildman–Crippen LogP) is 5.75. The van der Waals surface area contributed by atoms with E-state index in [0.717, 1.165) is 61.9 Å². The zero-order chi connectivity index (χ0) is 50.9. The van der Waals surface area contributed by atoms with Crippen molar-refractivity contribution in [1.82, 2.24) is 10.6 Å². The number of ketones is 2. The van der Waals surface area contributed by atoms with Crippen molar-refractivity contribution < 1.29 is 59.6 Å². The number of ether oxygens (including phenoxy) is 2. The van der Waals surface area contributed by atoms with Gasteiger partial charge in [-0.1, -0.05) is 70.5 Å². The van der Waals surface area contributed by atoms with E-state index in [2.05, 4.69) is 10.6 Å². The van der Waals surface area contributed by atoms with Crippen LogP contribution in [-0.2, 0) is 22.6 Å². The lowest BCUT2D eigenvalue weighted by Crippen LogP contribution is -2.88. The number of dihydropyridines is 1. The minimum Gasteiger partial charge on any atom is -0.511 e. The van der Waals surface area contributed by atoms with Gasteiger partial charge in [-0.2, -0.15) is 0 Å². The van der Waals surface area contributed by atoms with Gasteiger partial charge in [-0.3, -0.25) is 9.59 Å². The van der Waals surface area contributed by atoms with Gasteiger partial charge < -0.3 is 60.6 Å². The van der Waals surface area contributed by atoms with Gasteiger partial charge >= 0.3 is 0 Å². The van der Waals surface area contributed by atoms with E-state index in [4.69, 9.17) is 9.47 Å². The van der Waals surface area contributed by atoms with Gasteiger partial charge in [0.2, 0.25) is 5.79 Å². The van der Waals surface area contributed by atoms with Gasteiger partial charge in [0.15, 0.2) is 17.7 Å². The van der Waals surface area contributed by atoms with E-state index in [1.807, 2.05) is 24.3 Å². The van der Waals surface area contributed by atoms with Crippen molar-refractivity contribution in [2.45, 2.75) is 125 Å². The fourth-order valence-corrected chi connectivity index (χ4v) is 22.4. The molecule has 0 unspecified atom stereocenters. The van der Waals surface area contributed by atoms with Crippen LogP contribution in [0.15, 0.2) is 88.5 Å². The highest BCUT2D eigenvalue weighted by Crippen LogP contribution is 2.83. The van der Waals surface area contributed by atoms with Crippen LogP contribution in [0.5, 0.6) is 5.75 Å². The number of aliphatic hydroxyl groups excluding tert-OH is 6. The Bertz CT molecular complexity index is 2920. The monoisotopic (exact) mass is 1050 g/mol. The third-order valence-corrected chi connectivity index (χ3v) is 24.5. The highest BCUT2D eigenvalue weighted by molar-refractivity contribution is 8.76. The first-order valence-electron chi connectivity index (χ1n) is 27.2. The molecule has 17 atom stereocenters. The molecular formula is C58H66N2O12S2. The highest BCUT2D eigenvalue weighted by atomic mass is 33.1. The third kappa shape index (κ3) is 5.83. The zero-order valence-corrected chi connectivity index (χ0v) is 43.0. The highest BCUT2D eigenvalue weighted by Gasteiger charge is 2.86. The van der Waals surface area contributed by atoms with Crippen LogP contribution in [0.25, 0.3) is 0 Å². The first kappa shape index (κ1) is 48.4. The number of hydrogen-bond donors (Lipinski definition) is 9. The van der Waals surface area contributed by atoms with Crippen LogP contribution in [-0.4, -0.2) is 114 Å². The SMILES string of the molecule is O=C[C@H]1CCC[C@]12C[C@@H]1C[C@H]3C[C@H]4[C@@H]5CC[C@@]67Oc8cccc9c8C(=O)[C@@]8(C(O)=CC(Cc%10cccc(CO)c%10)=C[C@@H]8C9=O)[C@H](CCCO)SSCNC8=C9CC[C@H]2[C@]1(C9=C3CN8)[C@@H]4[C@](O)([C@H](O)[C@@]5(CO)O6)[C@H]7O. The van der Waals surface area contributed by atoms with Gasteiger partial charge in [0.1, 0.15) is 46.3 Å². The van der Waals surface area contributed by atoms with Gasteiger partial charge in [0.05, 0.1) is 30.6 Å². The number of Topliss-reactive ketones (excluding diaryl/α,β-unsaturated/α-hetero) is 2. The lowest BCUT2D eigenvalue weighted by Gasteiger charge is -2.73. The Morgan fingerprint density at radius 1 is 0.959 bits per heavy atom. The molecule has 9 N–H and O–H groups in total. The van der Waals surface area contributed by atoms with Crippen LogP contribution in [0.4, 0.5) is 0 Å². The van der Waals surface area contributed by atoms with Gasteiger partial charge in [-0.05, 0) is 151 Å². The fraction of sp³-hybridized carbons (Fsp3) is 0.603. The van der Waals surface area contributed by atoms with E-state index < -0.39 is 81.2 Å². The van der Waals surface area contributed by atoms with Crippen molar-refractivity contribution in [3.63, 3.8) is 0 Å². The second kappa shape index (κ2) is 16.8. The van der Waals surface area contributed by atoms with Crippen molar-refractivity contribution in [3.8, 4) is 5.75 Å². The molecule has 0 amide bonds. The van der Waals surface area contributed by atoms with Crippen LogP contribution < -0.4 is 15.4 Å². The summed E-state index contributed by atoms with van der Waals surface area (Å²) in [5.74, 6) is -4.95. The summed E-state index contributed by atoms with van der Waals surface area (Å²) >= 11 is 0. The molecule has 0 radical (unpaired) electrons. The average Bonchev–Trinajstić information content (AvgIpc) is 4.00. The van der Waals surface area contributed by atoms with Gasteiger partial charge in [0, 0.05) is 47.6 Å². The molecule has 7 fully saturated rings. The zero-order valence-electron chi connectivity index (χ0n) is 41.3. The van der Waals surface area contributed by atoms with Crippen LogP contribution in [0, 0.1) is 63.6 Å². The Hall–Kier alpha value is -3.97. The summed E-state index contributed by atoms with van der Waals surface area (Å²) in [6, 6.07) is 12.2. The summed E-state index contributed by atoms with van der Waals surface area (Å²) < 4.78 is 14.2. The molecule has 4 spiro atoms. The Morgan fingerprint density at radius 2 is 1.80 bits per heavy atom. The van der Waals surface area contributed by atoms with Crippen LogP contribution in [0.1, 0.15) is 109 Å². The molecule has 4 aliphatic heterocycles. The molecule has 14 nitrogen and oxygen atoms in total. The van der Waals surface area contributed by atoms with Crippen molar-refractivity contribution in [2.75, 3.05) is 25.6 Å². The Kier molecular flexibility index (Phi) is 11.0.